The number of phosphoric ester groups is 1. The Balaban J connectivity index is 3.96. The van der Waals surface area contributed by atoms with Crippen LogP contribution in [0, 0.1) is 0 Å². The van der Waals surface area contributed by atoms with Gasteiger partial charge in [0, 0.05) is 12.8 Å². The molecule has 0 rings (SSSR count). The van der Waals surface area contributed by atoms with Crippen LogP contribution in [0.15, 0.2) is 109 Å². The summed E-state index contributed by atoms with van der Waals surface area (Å²) in [6.45, 7) is 4.05. The van der Waals surface area contributed by atoms with Crippen molar-refractivity contribution in [2.45, 2.75) is 341 Å². The van der Waals surface area contributed by atoms with E-state index in [2.05, 4.69) is 123 Å². The minimum absolute atomic E-state index is 0.0328. The summed E-state index contributed by atoms with van der Waals surface area (Å²) in [4.78, 5) is 38.1. The molecule has 0 heterocycles. The molecular weight excluding hydrogens is 1130 g/mol. The molecular formula is C80H142NO8P. The highest BCUT2D eigenvalue weighted by molar-refractivity contribution is 7.45. The number of rotatable bonds is 69. The molecule has 10 heteroatoms. The summed E-state index contributed by atoms with van der Waals surface area (Å²) in [6, 6.07) is 0. The monoisotopic (exact) mass is 1280 g/mol. The third-order valence-corrected chi connectivity index (χ3v) is 17.3. The predicted molar refractivity (Wildman–Crippen MR) is 388 cm³/mol. The van der Waals surface area contributed by atoms with Gasteiger partial charge in [-0.2, -0.15) is 0 Å². The first-order valence-corrected chi connectivity index (χ1v) is 39.1. The zero-order chi connectivity index (χ0) is 65.5. The molecule has 9 nitrogen and oxygen atoms in total. The number of unbranched alkanes of at least 4 members (excludes halogenated alkanes) is 37. The molecule has 0 fully saturated rings. The van der Waals surface area contributed by atoms with Crippen LogP contribution in [0.1, 0.15) is 335 Å². The minimum atomic E-state index is -4.65. The number of carbonyl (C=O) groups excluding carboxylic acids is 2. The van der Waals surface area contributed by atoms with Gasteiger partial charge in [-0.05, 0) is 96.3 Å². The maximum absolute atomic E-state index is 12.9. The molecule has 0 aromatic rings. The van der Waals surface area contributed by atoms with E-state index in [4.69, 9.17) is 18.5 Å². The number of allylic oxidation sites excluding steroid dienone is 18. The number of carbonyl (C=O) groups is 2. The average Bonchev–Trinajstić information content (AvgIpc) is 3.58. The first-order chi connectivity index (χ1) is 44.0. The predicted octanol–water partition coefficient (Wildman–Crippen LogP) is 24.2. The van der Waals surface area contributed by atoms with Crippen molar-refractivity contribution in [1.82, 2.24) is 0 Å². The zero-order valence-electron chi connectivity index (χ0n) is 59.3. The Morgan fingerprint density at radius 2 is 0.600 bits per heavy atom. The van der Waals surface area contributed by atoms with Crippen molar-refractivity contribution >= 4 is 19.8 Å². The average molecular weight is 1280 g/mol. The van der Waals surface area contributed by atoms with Gasteiger partial charge >= 0.3 is 11.9 Å². The van der Waals surface area contributed by atoms with Crippen LogP contribution in [0.5, 0.6) is 0 Å². The second-order valence-electron chi connectivity index (χ2n) is 26.3. The van der Waals surface area contributed by atoms with Gasteiger partial charge in [0.15, 0.2) is 6.10 Å². The van der Waals surface area contributed by atoms with Crippen LogP contribution in [0.2, 0.25) is 0 Å². The summed E-state index contributed by atoms with van der Waals surface area (Å²) in [6.07, 6.45) is 99.1. The van der Waals surface area contributed by atoms with E-state index in [-0.39, 0.29) is 32.0 Å². The van der Waals surface area contributed by atoms with Gasteiger partial charge in [0.2, 0.25) is 0 Å². The molecule has 0 aliphatic rings. The van der Waals surface area contributed by atoms with Crippen molar-refractivity contribution in [3.8, 4) is 0 Å². The molecule has 0 bridgehead atoms. The number of hydrogen-bond acceptors (Lipinski definition) is 8. The smallest absolute Gasteiger partial charge is 0.306 e. The van der Waals surface area contributed by atoms with Gasteiger partial charge in [-0.25, -0.2) is 0 Å². The lowest BCUT2D eigenvalue weighted by molar-refractivity contribution is -0.870. The molecule has 0 saturated heterocycles. The SMILES string of the molecule is CC/C=C\C/C=C\C/C=C\C/C=C\C/C=C\CCCCCCCCCCCCCCCC(=O)OC(COC(=O)CCCCCCCCCCCCCCCCCCCCCCCCCC/C=C\C/C=C\C/C=C\C/C=C\CC)COP(=O)([O-])OCC[N+](C)(C)C. The minimum Gasteiger partial charge on any atom is -0.756 e. The fraction of sp³-hybridized carbons (Fsp3) is 0.750. The van der Waals surface area contributed by atoms with Crippen LogP contribution in [0.4, 0.5) is 0 Å². The summed E-state index contributed by atoms with van der Waals surface area (Å²) in [5, 5.41) is 0. The molecule has 90 heavy (non-hydrogen) atoms. The summed E-state index contributed by atoms with van der Waals surface area (Å²) in [5.74, 6) is -0.823. The fourth-order valence-electron chi connectivity index (χ4n) is 10.6. The van der Waals surface area contributed by atoms with E-state index in [1.165, 1.54) is 205 Å². The number of esters is 2. The van der Waals surface area contributed by atoms with E-state index in [0.717, 1.165) is 96.3 Å². The number of quaternary nitrogens is 1. The van der Waals surface area contributed by atoms with Crippen molar-refractivity contribution in [2.24, 2.45) is 0 Å². The lowest BCUT2D eigenvalue weighted by Crippen LogP contribution is -2.37. The fourth-order valence-corrected chi connectivity index (χ4v) is 11.3. The Hall–Kier alpha value is -3.33. The van der Waals surface area contributed by atoms with Crippen LogP contribution in [0.3, 0.4) is 0 Å². The number of nitrogens with zero attached hydrogens (tertiary/aromatic N) is 1. The third-order valence-electron chi connectivity index (χ3n) is 16.3. The maximum atomic E-state index is 12.9. The van der Waals surface area contributed by atoms with E-state index in [0.29, 0.717) is 17.4 Å². The van der Waals surface area contributed by atoms with Crippen molar-refractivity contribution in [1.29, 1.82) is 0 Å². The Kier molecular flexibility index (Phi) is 67.4. The largest absolute Gasteiger partial charge is 0.756 e. The summed E-state index contributed by atoms with van der Waals surface area (Å²) in [5.41, 5.74) is 0. The van der Waals surface area contributed by atoms with E-state index in [9.17, 15) is 19.0 Å². The van der Waals surface area contributed by atoms with Gasteiger partial charge in [0.25, 0.3) is 7.82 Å². The molecule has 2 unspecified atom stereocenters. The Bertz CT molecular complexity index is 1890. The van der Waals surface area contributed by atoms with Gasteiger partial charge in [0.1, 0.15) is 19.8 Å². The first-order valence-electron chi connectivity index (χ1n) is 37.6. The molecule has 0 N–H and O–H groups in total. The van der Waals surface area contributed by atoms with E-state index < -0.39 is 26.5 Å². The van der Waals surface area contributed by atoms with Gasteiger partial charge < -0.3 is 27.9 Å². The van der Waals surface area contributed by atoms with E-state index >= 15 is 0 Å². The van der Waals surface area contributed by atoms with Crippen LogP contribution in [-0.4, -0.2) is 70.0 Å². The lowest BCUT2D eigenvalue weighted by Gasteiger charge is -2.28. The normalized spacial score (nSPS) is 13.7. The molecule has 0 aliphatic carbocycles. The molecule has 0 spiro atoms. The Morgan fingerprint density at radius 3 is 0.889 bits per heavy atom. The van der Waals surface area contributed by atoms with Crippen molar-refractivity contribution < 1.29 is 42.1 Å². The van der Waals surface area contributed by atoms with Crippen molar-refractivity contribution in [2.75, 3.05) is 47.5 Å². The Labute approximate surface area is 556 Å². The molecule has 0 aliphatic heterocycles. The standard InChI is InChI=1S/C80H142NO8P/c1-6-8-10-12-14-16-18-20-22-24-26-28-30-32-34-36-37-38-39-40-41-42-43-45-46-48-50-52-54-56-58-60-62-64-66-68-70-72-79(82)86-76-78(77-88-90(84,85)87-75-74-81(3,4)5)89-80(83)73-71-69-67-65-63-61-59-57-55-53-51-49-47-44-35-33-31-29-27-25-23-21-19-17-15-13-11-9-7-2/h8-11,14-17,20-23,26-29,33,35,78H,6-7,12-13,18-19,24-25,30-32,34,36-77H2,1-5H3/b10-8-,11-9-,16-14-,17-15-,22-20-,23-21-,28-26-,29-27-,35-33-. The molecule has 0 radical (unpaired) electrons. The second-order valence-corrected chi connectivity index (χ2v) is 27.7. The number of ether oxygens (including phenoxy) is 2. The van der Waals surface area contributed by atoms with Crippen LogP contribution in [-0.2, 0) is 32.7 Å². The van der Waals surface area contributed by atoms with Crippen LogP contribution >= 0.6 is 7.82 Å². The summed E-state index contributed by atoms with van der Waals surface area (Å²) in [7, 11) is 1.17. The topological polar surface area (TPSA) is 111 Å². The lowest BCUT2D eigenvalue weighted by atomic mass is 10.0. The van der Waals surface area contributed by atoms with Gasteiger partial charge in [0.05, 0.1) is 27.7 Å². The molecule has 520 valence electrons. The van der Waals surface area contributed by atoms with Crippen molar-refractivity contribution in [3.63, 3.8) is 0 Å². The third kappa shape index (κ3) is 73.7. The maximum Gasteiger partial charge on any atom is 0.306 e. The van der Waals surface area contributed by atoms with Crippen LogP contribution < -0.4 is 4.89 Å². The zero-order valence-corrected chi connectivity index (χ0v) is 60.2. The number of likely N-dealkylation sites (N-methyl/N-ethyl adjacent to an activating group) is 1. The van der Waals surface area contributed by atoms with Gasteiger partial charge in [-0.1, -0.05) is 335 Å². The second kappa shape index (κ2) is 70.0. The molecule has 0 aromatic heterocycles. The van der Waals surface area contributed by atoms with Gasteiger partial charge in [-0.3, -0.25) is 14.2 Å². The van der Waals surface area contributed by atoms with E-state index in [1.807, 2.05) is 21.1 Å². The first kappa shape index (κ1) is 86.7. The molecule has 0 saturated carbocycles. The van der Waals surface area contributed by atoms with Crippen LogP contribution in [0.25, 0.3) is 0 Å². The Morgan fingerprint density at radius 1 is 0.344 bits per heavy atom. The number of phosphoric acid groups is 1. The van der Waals surface area contributed by atoms with Gasteiger partial charge in [-0.15, -0.1) is 0 Å². The molecule has 2 atom stereocenters. The quantitative estimate of drug-likeness (QED) is 0.0195. The highest BCUT2D eigenvalue weighted by Crippen LogP contribution is 2.38. The summed E-state index contributed by atoms with van der Waals surface area (Å²) >= 11 is 0. The summed E-state index contributed by atoms with van der Waals surface area (Å²) < 4.78 is 34.4. The van der Waals surface area contributed by atoms with E-state index in [1.54, 1.807) is 0 Å². The number of hydrogen-bond donors (Lipinski definition) is 0. The molecule has 0 amide bonds. The highest BCUT2D eigenvalue weighted by Gasteiger charge is 2.22. The molecule has 0 aromatic carbocycles. The van der Waals surface area contributed by atoms with Crippen molar-refractivity contribution in [3.05, 3.63) is 109 Å². The highest BCUT2D eigenvalue weighted by atomic mass is 31.2.